The molecule has 8 heteroatoms. The minimum atomic E-state index is -0.307. The third kappa shape index (κ3) is 4.96. The largest absolute Gasteiger partial charge is 0.484 e. The number of aryl methyl sites for hydroxylation is 2. The Hall–Kier alpha value is -2.51. The average Bonchev–Trinajstić information content (AvgIpc) is 2.80. The summed E-state index contributed by atoms with van der Waals surface area (Å²) in [5.74, 6) is 1.16. The number of rotatable bonds is 5. The SMILES string of the molecule is Cc1cc(C)c(CNC(=O)c2cc(Cl)c3c(c2C)OC(C2CCC(N(C)C)CC2)CO3)c(=O)[nH]1. The van der Waals surface area contributed by atoms with E-state index in [-0.39, 0.29) is 24.1 Å². The number of hydrogen-bond acceptors (Lipinski definition) is 5. The van der Waals surface area contributed by atoms with Gasteiger partial charge in [0.1, 0.15) is 12.7 Å². The molecule has 4 rings (SSSR count). The van der Waals surface area contributed by atoms with Gasteiger partial charge in [0, 0.05) is 35.0 Å². The molecule has 1 atom stereocenters. The summed E-state index contributed by atoms with van der Waals surface area (Å²) in [5.41, 5.74) is 3.08. The predicted octanol–water partition coefficient (Wildman–Crippen LogP) is 4.14. The molecule has 2 heterocycles. The van der Waals surface area contributed by atoms with E-state index in [9.17, 15) is 9.59 Å². The Balaban J connectivity index is 1.50. The minimum absolute atomic E-state index is 0.0579. The van der Waals surface area contributed by atoms with Crippen molar-refractivity contribution in [1.29, 1.82) is 0 Å². The summed E-state index contributed by atoms with van der Waals surface area (Å²) in [4.78, 5) is 30.4. The number of hydrogen-bond donors (Lipinski definition) is 2. The molecular weight excluding hydrogens is 454 g/mol. The summed E-state index contributed by atoms with van der Waals surface area (Å²) in [6.45, 7) is 6.14. The molecule has 0 radical (unpaired) electrons. The second-order valence-corrected chi connectivity index (χ2v) is 10.2. The summed E-state index contributed by atoms with van der Waals surface area (Å²) in [5, 5.41) is 3.21. The summed E-state index contributed by atoms with van der Waals surface area (Å²) >= 11 is 6.49. The average molecular weight is 488 g/mol. The van der Waals surface area contributed by atoms with Crippen LogP contribution in [0.5, 0.6) is 11.5 Å². The van der Waals surface area contributed by atoms with Crippen LogP contribution in [-0.2, 0) is 6.54 Å². The molecule has 1 unspecified atom stereocenters. The molecule has 1 aliphatic heterocycles. The van der Waals surface area contributed by atoms with Crippen molar-refractivity contribution in [2.24, 2.45) is 5.92 Å². The lowest BCUT2D eigenvalue weighted by Crippen LogP contribution is -2.41. The van der Waals surface area contributed by atoms with Gasteiger partial charge in [-0.1, -0.05) is 11.6 Å². The zero-order chi connectivity index (χ0) is 24.6. The maximum Gasteiger partial charge on any atom is 0.253 e. The van der Waals surface area contributed by atoms with E-state index in [1.165, 1.54) is 0 Å². The molecule has 1 amide bonds. The Kier molecular flexibility index (Phi) is 7.24. The molecule has 0 spiro atoms. The number of amides is 1. The highest BCUT2D eigenvalue weighted by atomic mass is 35.5. The fourth-order valence-electron chi connectivity index (χ4n) is 5.15. The molecule has 0 saturated heterocycles. The monoisotopic (exact) mass is 487 g/mol. The second kappa shape index (κ2) is 10.0. The van der Waals surface area contributed by atoms with Crippen molar-refractivity contribution in [3.8, 4) is 11.5 Å². The third-order valence-electron chi connectivity index (χ3n) is 7.26. The number of ether oxygens (including phenoxy) is 2. The zero-order valence-electron chi connectivity index (χ0n) is 20.6. The van der Waals surface area contributed by atoms with Crippen LogP contribution in [0.1, 0.15) is 58.4 Å². The van der Waals surface area contributed by atoms with Gasteiger partial charge in [0.15, 0.2) is 11.5 Å². The van der Waals surface area contributed by atoms with Crippen LogP contribution in [0.15, 0.2) is 16.9 Å². The third-order valence-corrected chi connectivity index (χ3v) is 7.54. The molecule has 34 heavy (non-hydrogen) atoms. The van der Waals surface area contributed by atoms with Gasteiger partial charge in [-0.15, -0.1) is 0 Å². The van der Waals surface area contributed by atoms with Crippen molar-refractivity contribution in [3.05, 3.63) is 55.5 Å². The van der Waals surface area contributed by atoms with Crippen molar-refractivity contribution < 1.29 is 14.3 Å². The van der Waals surface area contributed by atoms with Crippen molar-refractivity contribution in [3.63, 3.8) is 0 Å². The van der Waals surface area contributed by atoms with Crippen molar-refractivity contribution in [2.45, 2.75) is 65.1 Å². The number of nitrogens with one attached hydrogen (secondary N) is 2. The van der Waals surface area contributed by atoms with Gasteiger partial charge >= 0.3 is 0 Å². The Morgan fingerprint density at radius 2 is 1.85 bits per heavy atom. The predicted molar refractivity (Wildman–Crippen MR) is 133 cm³/mol. The topological polar surface area (TPSA) is 83.7 Å². The van der Waals surface area contributed by atoms with E-state index in [0.717, 1.165) is 36.9 Å². The number of pyridine rings is 1. The molecule has 184 valence electrons. The lowest BCUT2D eigenvalue weighted by molar-refractivity contribution is 0.0239. The Morgan fingerprint density at radius 1 is 1.15 bits per heavy atom. The van der Waals surface area contributed by atoms with E-state index in [0.29, 0.717) is 51.8 Å². The minimum Gasteiger partial charge on any atom is -0.484 e. The van der Waals surface area contributed by atoms with Gasteiger partial charge in [0.05, 0.1) is 5.02 Å². The van der Waals surface area contributed by atoms with Gasteiger partial charge < -0.3 is 24.7 Å². The van der Waals surface area contributed by atoms with E-state index >= 15 is 0 Å². The van der Waals surface area contributed by atoms with Crippen LogP contribution in [-0.4, -0.2) is 48.6 Å². The molecule has 2 aromatic rings. The van der Waals surface area contributed by atoms with Gasteiger partial charge in [-0.2, -0.15) is 0 Å². The van der Waals surface area contributed by atoms with Crippen LogP contribution in [0.4, 0.5) is 0 Å². The van der Waals surface area contributed by atoms with Gasteiger partial charge in [0.2, 0.25) is 0 Å². The summed E-state index contributed by atoms with van der Waals surface area (Å²) in [7, 11) is 4.27. The molecule has 7 nitrogen and oxygen atoms in total. The number of carbonyl (C=O) groups excluding carboxylic acids is 1. The van der Waals surface area contributed by atoms with Gasteiger partial charge in [-0.3, -0.25) is 9.59 Å². The van der Waals surface area contributed by atoms with E-state index in [2.05, 4.69) is 29.3 Å². The van der Waals surface area contributed by atoms with Crippen LogP contribution in [0.3, 0.4) is 0 Å². The van der Waals surface area contributed by atoms with E-state index < -0.39 is 0 Å². The molecule has 1 aromatic carbocycles. The Morgan fingerprint density at radius 3 is 2.50 bits per heavy atom. The van der Waals surface area contributed by atoms with Gasteiger partial charge in [-0.05, 0) is 84.2 Å². The molecular formula is C26H34ClN3O4. The van der Waals surface area contributed by atoms with Crippen LogP contribution < -0.4 is 20.3 Å². The first-order valence-electron chi connectivity index (χ1n) is 11.9. The number of aromatic amines is 1. The standard InChI is InChI=1S/C26H34ClN3O4/c1-14-10-15(2)29-26(32)20(14)12-28-25(31)19-11-21(27)24-23(16(19)3)34-22(13-33-24)17-6-8-18(9-7-17)30(4)5/h10-11,17-18,22H,6-9,12-13H2,1-5H3,(H,28,31)(H,29,32). The van der Waals surface area contributed by atoms with Crippen molar-refractivity contribution in [2.75, 3.05) is 20.7 Å². The fraction of sp³-hybridized carbons (Fsp3) is 0.538. The Labute approximate surface area is 205 Å². The molecule has 1 fully saturated rings. The molecule has 2 aliphatic rings. The number of aromatic nitrogens is 1. The van der Waals surface area contributed by atoms with E-state index in [1.807, 2.05) is 26.8 Å². The molecule has 1 aliphatic carbocycles. The van der Waals surface area contributed by atoms with Crippen LogP contribution in [0.25, 0.3) is 0 Å². The number of H-pyrrole nitrogens is 1. The maximum absolute atomic E-state index is 13.1. The van der Waals surface area contributed by atoms with Crippen molar-refractivity contribution in [1.82, 2.24) is 15.2 Å². The number of nitrogens with zero attached hydrogens (tertiary/aromatic N) is 1. The quantitative estimate of drug-likeness (QED) is 0.662. The first-order valence-corrected chi connectivity index (χ1v) is 12.3. The van der Waals surface area contributed by atoms with Crippen LogP contribution in [0, 0.1) is 26.7 Å². The lowest BCUT2D eigenvalue weighted by atomic mass is 9.82. The highest BCUT2D eigenvalue weighted by molar-refractivity contribution is 6.32. The van der Waals surface area contributed by atoms with E-state index in [1.54, 1.807) is 6.07 Å². The number of halogens is 1. The zero-order valence-corrected chi connectivity index (χ0v) is 21.3. The first kappa shape index (κ1) is 24.6. The molecule has 2 N–H and O–H groups in total. The Bertz CT molecular complexity index is 1140. The number of carbonyl (C=O) groups is 1. The summed E-state index contributed by atoms with van der Waals surface area (Å²) < 4.78 is 12.5. The van der Waals surface area contributed by atoms with E-state index in [4.69, 9.17) is 21.1 Å². The fourth-order valence-corrected chi connectivity index (χ4v) is 5.40. The summed E-state index contributed by atoms with van der Waals surface area (Å²) in [6.07, 6.45) is 4.40. The molecule has 0 bridgehead atoms. The highest BCUT2D eigenvalue weighted by Gasteiger charge is 2.35. The van der Waals surface area contributed by atoms with Gasteiger partial charge in [-0.25, -0.2) is 0 Å². The number of fused-ring (bicyclic) bond motifs is 1. The maximum atomic E-state index is 13.1. The highest BCUT2D eigenvalue weighted by Crippen LogP contribution is 2.45. The first-order chi connectivity index (χ1) is 16.2. The van der Waals surface area contributed by atoms with Crippen molar-refractivity contribution >= 4 is 17.5 Å². The van der Waals surface area contributed by atoms with Crippen LogP contribution >= 0.6 is 11.6 Å². The normalized spacial score (nSPS) is 22.0. The molecule has 1 saturated carbocycles. The summed E-state index contributed by atoms with van der Waals surface area (Å²) in [6, 6.07) is 4.12. The lowest BCUT2D eigenvalue weighted by Gasteiger charge is -2.38. The second-order valence-electron chi connectivity index (χ2n) is 9.81. The molecule has 1 aromatic heterocycles. The van der Waals surface area contributed by atoms with Crippen LogP contribution in [0.2, 0.25) is 5.02 Å². The van der Waals surface area contributed by atoms with Gasteiger partial charge in [0.25, 0.3) is 11.5 Å². The smallest absolute Gasteiger partial charge is 0.253 e. The number of benzene rings is 1.